The van der Waals surface area contributed by atoms with Crippen LogP contribution < -0.4 is 4.90 Å². The van der Waals surface area contributed by atoms with Gasteiger partial charge in [-0.2, -0.15) is 0 Å². The number of aromatic carboxylic acids is 1. The molecule has 1 aliphatic heterocycles. The fourth-order valence-corrected chi connectivity index (χ4v) is 2.48. The van der Waals surface area contributed by atoms with Crippen molar-refractivity contribution in [3.8, 4) is 0 Å². The van der Waals surface area contributed by atoms with Crippen molar-refractivity contribution in [3.05, 3.63) is 18.1 Å². The summed E-state index contributed by atoms with van der Waals surface area (Å²) in [4.78, 5) is 21.0. The van der Waals surface area contributed by atoms with Gasteiger partial charge in [-0.15, -0.1) is 0 Å². The number of carboxylic acid groups (broad SMARTS) is 1. The summed E-state index contributed by atoms with van der Waals surface area (Å²) >= 11 is 0. The first-order chi connectivity index (χ1) is 8.09. The van der Waals surface area contributed by atoms with Gasteiger partial charge in [-0.3, -0.25) is 0 Å². The number of hydrogen-bond donors (Lipinski definition) is 1. The summed E-state index contributed by atoms with van der Waals surface area (Å²) in [5.74, 6) is -0.289. The number of carboxylic acids is 1. The maximum absolute atomic E-state index is 10.9. The highest BCUT2D eigenvalue weighted by Gasteiger charge is 2.26. The Bertz CT molecular complexity index is 412. The standard InChI is InChI=1S/C12H17N3O2/c1-8-4-3-5-9(2)15(8)11-6-10(12(16)17)13-7-14-11/h6-9H,3-5H2,1-2H3,(H,16,17)/t8-,9+. The number of hydrogen-bond acceptors (Lipinski definition) is 4. The van der Waals surface area contributed by atoms with Gasteiger partial charge in [-0.05, 0) is 33.1 Å². The van der Waals surface area contributed by atoms with Crippen LogP contribution in [0.5, 0.6) is 0 Å². The summed E-state index contributed by atoms with van der Waals surface area (Å²) in [6, 6.07) is 2.35. The molecule has 0 amide bonds. The van der Waals surface area contributed by atoms with Crippen molar-refractivity contribution in [2.24, 2.45) is 0 Å². The molecule has 2 heterocycles. The molecular formula is C12H17N3O2. The van der Waals surface area contributed by atoms with Gasteiger partial charge in [0.15, 0.2) is 5.69 Å². The molecule has 1 saturated heterocycles. The minimum atomic E-state index is -1.01. The average Bonchev–Trinajstić information content (AvgIpc) is 2.29. The molecule has 5 nitrogen and oxygen atoms in total. The van der Waals surface area contributed by atoms with E-state index >= 15 is 0 Å². The van der Waals surface area contributed by atoms with Gasteiger partial charge in [0.1, 0.15) is 12.1 Å². The van der Waals surface area contributed by atoms with Crippen molar-refractivity contribution < 1.29 is 9.90 Å². The Morgan fingerprint density at radius 3 is 2.59 bits per heavy atom. The van der Waals surface area contributed by atoms with Crippen LogP contribution in [-0.2, 0) is 0 Å². The number of piperidine rings is 1. The first-order valence-electron chi connectivity index (χ1n) is 5.93. The van der Waals surface area contributed by atoms with Crippen LogP contribution in [0.15, 0.2) is 12.4 Å². The Balaban J connectivity index is 2.31. The van der Waals surface area contributed by atoms with E-state index in [1.807, 2.05) is 0 Å². The summed E-state index contributed by atoms with van der Waals surface area (Å²) in [6.07, 6.45) is 4.79. The predicted octanol–water partition coefficient (Wildman–Crippen LogP) is 1.94. The quantitative estimate of drug-likeness (QED) is 0.848. The summed E-state index contributed by atoms with van der Waals surface area (Å²) in [5.41, 5.74) is 0.0555. The minimum absolute atomic E-state index is 0.0555. The molecule has 2 atom stereocenters. The Morgan fingerprint density at radius 2 is 2.00 bits per heavy atom. The number of carbonyl (C=O) groups is 1. The third-order valence-electron chi connectivity index (χ3n) is 3.33. The molecule has 1 N–H and O–H groups in total. The lowest BCUT2D eigenvalue weighted by molar-refractivity contribution is 0.0690. The molecule has 1 fully saturated rings. The van der Waals surface area contributed by atoms with E-state index < -0.39 is 5.97 Å². The largest absolute Gasteiger partial charge is 0.477 e. The van der Waals surface area contributed by atoms with Crippen LogP contribution in [0.4, 0.5) is 5.82 Å². The van der Waals surface area contributed by atoms with Gasteiger partial charge in [0.05, 0.1) is 0 Å². The first-order valence-corrected chi connectivity index (χ1v) is 5.93. The first kappa shape index (κ1) is 11.8. The number of nitrogens with zero attached hydrogens (tertiary/aromatic N) is 3. The van der Waals surface area contributed by atoms with Crippen LogP contribution >= 0.6 is 0 Å². The van der Waals surface area contributed by atoms with Crippen LogP contribution in [0.25, 0.3) is 0 Å². The fourth-order valence-electron chi connectivity index (χ4n) is 2.48. The van der Waals surface area contributed by atoms with Crippen LogP contribution in [0, 0.1) is 0 Å². The molecule has 0 saturated carbocycles. The lowest BCUT2D eigenvalue weighted by Gasteiger charge is -2.39. The fraction of sp³-hybridized carbons (Fsp3) is 0.583. The molecule has 1 aromatic heterocycles. The summed E-state index contributed by atoms with van der Waals surface area (Å²) in [7, 11) is 0. The summed E-state index contributed by atoms with van der Waals surface area (Å²) < 4.78 is 0. The Kier molecular flexibility index (Phi) is 3.26. The van der Waals surface area contributed by atoms with Gasteiger partial charge in [0.25, 0.3) is 0 Å². The molecule has 0 spiro atoms. The van der Waals surface area contributed by atoms with Crippen molar-refractivity contribution in [3.63, 3.8) is 0 Å². The van der Waals surface area contributed by atoms with Crippen molar-refractivity contribution in [1.82, 2.24) is 9.97 Å². The second-order valence-corrected chi connectivity index (χ2v) is 4.60. The van der Waals surface area contributed by atoms with E-state index in [0.717, 1.165) is 18.7 Å². The second-order valence-electron chi connectivity index (χ2n) is 4.60. The van der Waals surface area contributed by atoms with Crippen molar-refractivity contribution in [2.45, 2.75) is 45.2 Å². The zero-order valence-corrected chi connectivity index (χ0v) is 10.1. The molecule has 0 aromatic carbocycles. The highest BCUT2D eigenvalue weighted by molar-refractivity contribution is 5.86. The van der Waals surface area contributed by atoms with E-state index in [4.69, 9.17) is 5.11 Å². The average molecular weight is 235 g/mol. The van der Waals surface area contributed by atoms with E-state index in [2.05, 4.69) is 28.7 Å². The molecule has 2 rings (SSSR count). The lowest BCUT2D eigenvalue weighted by atomic mass is 9.97. The monoisotopic (exact) mass is 235 g/mol. The number of anilines is 1. The summed E-state index contributed by atoms with van der Waals surface area (Å²) in [6.45, 7) is 4.30. The molecule has 92 valence electrons. The van der Waals surface area contributed by atoms with Crippen molar-refractivity contribution >= 4 is 11.8 Å². The van der Waals surface area contributed by atoms with E-state index in [1.165, 1.54) is 12.7 Å². The zero-order chi connectivity index (χ0) is 12.4. The van der Waals surface area contributed by atoms with Gasteiger partial charge in [-0.25, -0.2) is 14.8 Å². The van der Waals surface area contributed by atoms with Gasteiger partial charge >= 0.3 is 5.97 Å². The molecule has 1 aromatic rings. The molecule has 0 unspecified atom stereocenters. The van der Waals surface area contributed by atoms with Gasteiger partial charge in [0, 0.05) is 18.2 Å². The van der Waals surface area contributed by atoms with Crippen LogP contribution in [0.1, 0.15) is 43.6 Å². The molecular weight excluding hydrogens is 218 g/mol. The molecule has 17 heavy (non-hydrogen) atoms. The molecule has 1 aliphatic rings. The maximum Gasteiger partial charge on any atom is 0.354 e. The summed E-state index contributed by atoms with van der Waals surface area (Å²) in [5, 5.41) is 8.93. The Labute approximate surface area is 100 Å². The highest BCUT2D eigenvalue weighted by Crippen LogP contribution is 2.27. The third kappa shape index (κ3) is 2.38. The highest BCUT2D eigenvalue weighted by atomic mass is 16.4. The Hall–Kier alpha value is -1.65. The zero-order valence-electron chi connectivity index (χ0n) is 10.1. The van der Waals surface area contributed by atoms with Crippen LogP contribution in [0.3, 0.4) is 0 Å². The molecule has 0 radical (unpaired) electrons. The lowest BCUT2D eigenvalue weighted by Crippen LogP contribution is -2.44. The van der Waals surface area contributed by atoms with E-state index in [9.17, 15) is 4.79 Å². The van der Waals surface area contributed by atoms with Gasteiger partial charge < -0.3 is 10.0 Å². The SMILES string of the molecule is C[C@@H]1CCC[C@H](C)N1c1cc(C(=O)O)ncn1. The van der Waals surface area contributed by atoms with E-state index in [-0.39, 0.29) is 5.69 Å². The smallest absolute Gasteiger partial charge is 0.354 e. The van der Waals surface area contributed by atoms with E-state index in [1.54, 1.807) is 6.07 Å². The minimum Gasteiger partial charge on any atom is -0.477 e. The topological polar surface area (TPSA) is 66.3 Å². The predicted molar refractivity (Wildman–Crippen MR) is 64.2 cm³/mol. The maximum atomic E-state index is 10.9. The molecule has 5 heteroatoms. The Morgan fingerprint density at radius 1 is 1.35 bits per heavy atom. The van der Waals surface area contributed by atoms with Crippen molar-refractivity contribution in [1.29, 1.82) is 0 Å². The van der Waals surface area contributed by atoms with E-state index in [0.29, 0.717) is 12.1 Å². The van der Waals surface area contributed by atoms with Crippen LogP contribution in [0.2, 0.25) is 0 Å². The number of aromatic nitrogens is 2. The van der Waals surface area contributed by atoms with Gasteiger partial charge in [0.2, 0.25) is 0 Å². The third-order valence-corrected chi connectivity index (χ3v) is 3.33. The normalized spacial score (nSPS) is 24.7. The molecule has 0 bridgehead atoms. The molecule has 0 aliphatic carbocycles. The number of rotatable bonds is 2. The van der Waals surface area contributed by atoms with Gasteiger partial charge in [-0.1, -0.05) is 0 Å². The van der Waals surface area contributed by atoms with Crippen LogP contribution in [-0.4, -0.2) is 33.1 Å². The van der Waals surface area contributed by atoms with Crippen molar-refractivity contribution in [2.75, 3.05) is 4.90 Å². The second kappa shape index (κ2) is 4.69.